The molecule has 0 radical (unpaired) electrons. The molecule has 0 spiro atoms. The number of primary amides is 1. The first-order valence-corrected chi connectivity index (χ1v) is 7.98. The zero-order chi connectivity index (χ0) is 17.5. The number of nitrogens with zero attached hydrogens (tertiary/aromatic N) is 1. The van der Waals surface area contributed by atoms with E-state index in [-0.39, 0.29) is 6.61 Å². The lowest BCUT2D eigenvalue weighted by atomic mass is 10.0. The van der Waals surface area contributed by atoms with E-state index in [0.29, 0.717) is 23.7 Å². The Morgan fingerprint density at radius 2 is 1.96 bits per heavy atom. The van der Waals surface area contributed by atoms with E-state index in [2.05, 4.69) is 0 Å². The predicted molar refractivity (Wildman–Crippen MR) is 86.5 cm³/mol. The first-order valence-electron chi connectivity index (χ1n) is 7.61. The Balaban J connectivity index is 1.79. The van der Waals surface area contributed by atoms with E-state index in [0.717, 1.165) is 12.8 Å². The Bertz CT molecular complexity index is 622. The molecule has 7 nitrogen and oxygen atoms in total. The van der Waals surface area contributed by atoms with Crippen LogP contribution >= 0.6 is 11.6 Å². The van der Waals surface area contributed by atoms with Crippen molar-refractivity contribution < 1.29 is 23.9 Å². The van der Waals surface area contributed by atoms with E-state index in [9.17, 15) is 14.4 Å². The van der Waals surface area contributed by atoms with Crippen LogP contribution in [0.25, 0.3) is 0 Å². The second-order valence-corrected chi connectivity index (χ2v) is 5.79. The van der Waals surface area contributed by atoms with Crippen molar-refractivity contribution in [1.82, 2.24) is 4.90 Å². The van der Waals surface area contributed by atoms with Crippen LogP contribution in [-0.2, 0) is 19.1 Å². The van der Waals surface area contributed by atoms with Gasteiger partial charge < -0.3 is 20.1 Å². The highest BCUT2D eigenvalue weighted by molar-refractivity contribution is 6.32. The van der Waals surface area contributed by atoms with E-state index < -0.39 is 30.4 Å². The molecule has 1 aliphatic heterocycles. The van der Waals surface area contributed by atoms with Crippen LogP contribution in [0.5, 0.6) is 5.75 Å². The normalized spacial score (nSPS) is 17.2. The fourth-order valence-corrected chi connectivity index (χ4v) is 2.68. The molecule has 2 rings (SSSR count). The van der Waals surface area contributed by atoms with Gasteiger partial charge in [-0.25, -0.2) is 4.79 Å². The molecule has 0 saturated carbocycles. The van der Waals surface area contributed by atoms with Gasteiger partial charge in [0.25, 0.3) is 5.91 Å². The molecule has 1 aliphatic rings. The van der Waals surface area contributed by atoms with Crippen LogP contribution < -0.4 is 10.5 Å². The summed E-state index contributed by atoms with van der Waals surface area (Å²) in [5.41, 5.74) is 5.30. The topological polar surface area (TPSA) is 98.9 Å². The number of benzene rings is 1. The number of carbonyl (C=O) groups excluding carboxylic acids is 3. The summed E-state index contributed by atoms with van der Waals surface area (Å²) in [7, 11) is 0. The minimum Gasteiger partial charge on any atom is -0.480 e. The highest BCUT2D eigenvalue weighted by Gasteiger charge is 2.30. The highest BCUT2D eigenvalue weighted by Crippen LogP contribution is 2.23. The third kappa shape index (κ3) is 4.86. The maximum absolute atomic E-state index is 12.1. The number of para-hydroxylation sites is 1. The minimum absolute atomic E-state index is 0.354. The summed E-state index contributed by atoms with van der Waals surface area (Å²) in [5.74, 6) is -1.33. The molecule has 0 unspecified atom stereocenters. The van der Waals surface area contributed by atoms with Crippen LogP contribution in [0.4, 0.5) is 0 Å². The molecular formula is C16H19ClN2O5. The van der Waals surface area contributed by atoms with Crippen molar-refractivity contribution in [3.63, 3.8) is 0 Å². The highest BCUT2D eigenvalue weighted by atomic mass is 35.5. The SMILES string of the molecule is NC(=O)[C@@H]1CCCCN1C(=O)COC(=O)COc1ccccc1Cl. The van der Waals surface area contributed by atoms with E-state index in [4.69, 9.17) is 26.8 Å². The molecule has 0 aromatic heterocycles. The second-order valence-electron chi connectivity index (χ2n) is 5.38. The van der Waals surface area contributed by atoms with Crippen LogP contribution in [0, 0.1) is 0 Å². The zero-order valence-corrected chi connectivity index (χ0v) is 13.8. The van der Waals surface area contributed by atoms with E-state index >= 15 is 0 Å². The molecule has 24 heavy (non-hydrogen) atoms. The van der Waals surface area contributed by atoms with Gasteiger partial charge in [-0.15, -0.1) is 0 Å². The number of likely N-dealkylation sites (tertiary alicyclic amines) is 1. The van der Waals surface area contributed by atoms with E-state index in [1.807, 2.05) is 0 Å². The van der Waals surface area contributed by atoms with Crippen molar-refractivity contribution in [2.24, 2.45) is 5.73 Å². The third-order valence-corrected chi connectivity index (χ3v) is 4.00. The Hall–Kier alpha value is -2.28. The number of halogens is 1. The zero-order valence-electron chi connectivity index (χ0n) is 13.1. The van der Waals surface area contributed by atoms with Crippen molar-refractivity contribution in [1.29, 1.82) is 0 Å². The van der Waals surface area contributed by atoms with Crippen molar-refractivity contribution in [2.75, 3.05) is 19.8 Å². The molecule has 130 valence electrons. The summed E-state index contributed by atoms with van der Waals surface area (Å²) in [4.78, 5) is 36.6. The van der Waals surface area contributed by atoms with Gasteiger partial charge in [-0.2, -0.15) is 0 Å². The Morgan fingerprint density at radius 3 is 2.67 bits per heavy atom. The summed E-state index contributed by atoms with van der Waals surface area (Å²) < 4.78 is 10.1. The minimum atomic E-state index is -0.698. The van der Waals surface area contributed by atoms with Crippen molar-refractivity contribution in [3.8, 4) is 5.75 Å². The standard InChI is InChI=1S/C16H19ClN2O5/c17-11-5-1-2-7-13(11)23-10-15(21)24-9-14(20)19-8-4-3-6-12(19)16(18)22/h1-2,5,7,12H,3-4,6,8-10H2,(H2,18,22)/t12-/m0/s1. The van der Waals surface area contributed by atoms with Crippen molar-refractivity contribution >= 4 is 29.4 Å². The Kier molecular flexibility index (Phi) is 6.43. The fourth-order valence-electron chi connectivity index (χ4n) is 2.49. The Morgan fingerprint density at radius 1 is 1.21 bits per heavy atom. The van der Waals surface area contributed by atoms with Gasteiger partial charge >= 0.3 is 5.97 Å². The molecule has 0 bridgehead atoms. The van der Waals surface area contributed by atoms with Crippen molar-refractivity contribution in [3.05, 3.63) is 29.3 Å². The maximum Gasteiger partial charge on any atom is 0.344 e. The van der Waals surface area contributed by atoms with E-state index in [1.165, 1.54) is 4.90 Å². The number of nitrogens with two attached hydrogens (primary N) is 1. The number of hydrogen-bond acceptors (Lipinski definition) is 5. The molecule has 1 heterocycles. The molecule has 1 aromatic rings. The van der Waals surface area contributed by atoms with Gasteiger partial charge in [0.2, 0.25) is 5.91 Å². The lowest BCUT2D eigenvalue weighted by Gasteiger charge is -2.33. The number of ether oxygens (including phenoxy) is 2. The van der Waals surface area contributed by atoms with Gasteiger partial charge in [0, 0.05) is 6.54 Å². The van der Waals surface area contributed by atoms with Gasteiger partial charge in [0.15, 0.2) is 13.2 Å². The average Bonchev–Trinajstić information content (AvgIpc) is 2.59. The lowest BCUT2D eigenvalue weighted by molar-refractivity contribution is -0.156. The molecule has 1 atom stereocenters. The quantitative estimate of drug-likeness (QED) is 0.772. The molecule has 1 aromatic carbocycles. The predicted octanol–water partition coefficient (Wildman–Crippen LogP) is 1.13. The first-order chi connectivity index (χ1) is 11.5. The molecule has 1 fully saturated rings. The van der Waals surface area contributed by atoms with Crippen LogP contribution in [0.3, 0.4) is 0 Å². The molecule has 1 saturated heterocycles. The summed E-state index contributed by atoms with van der Waals surface area (Å²) >= 11 is 5.90. The summed E-state index contributed by atoms with van der Waals surface area (Å²) in [6.07, 6.45) is 2.16. The lowest BCUT2D eigenvalue weighted by Crippen LogP contribution is -2.51. The Labute approximate surface area is 144 Å². The van der Waals surface area contributed by atoms with Crippen LogP contribution in [0.15, 0.2) is 24.3 Å². The van der Waals surface area contributed by atoms with Crippen LogP contribution in [0.1, 0.15) is 19.3 Å². The molecule has 2 amide bonds. The average molecular weight is 355 g/mol. The van der Waals surface area contributed by atoms with Crippen LogP contribution in [-0.4, -0.2) is 48.5 Å². The van der Waals surface area contributed by atoms with Gasteiger partial charge in [-0.05, 0) is 31.4 Å². The van der Waals surface area contributed by atoms with Gasteiger partial charge in [0.05, 0.1) is 5.02 Å². The second kappa shape index (κ2) is 8.54. The smallest absolute Gasteiger partial charge is 0.344 e. The molecular weight excluding hydrogens is 336 g/mol. The molecule has 2 N–H and O–H groups in total. The van der Waals surface area contributed by atoms with Crippen molar-refractivity contribution in [2.45, 2.75) is 25.3 Å². The molecule has 8 heteroatoms. The molecule has 0 aliphatic carbocycles. The van der Waals surface area contributed by atoms with Gasteiger partial charge in [-0.3, -0.25) is 9.59 Å². The summed E-state index contributed by atoms with van der Waals surface area (Å²) in [6, 6.07) is 6.07. The number of carbonyl (C=O) groups is 3. The number of hydrogen-bond donors (Lipinski definition) is 1. The summed E-state index contributed by atoms with van der Waals surface area (Å²) in [6.45, 7) is -0.384. The fraction of sp³-hybridized carbons (Fsp3) is 0.438. The maximum atomic E-state index is 12.1. The number of rotatable bonds is 6. The largest absolute Gasteiger partial charge is 0.480 e. The first kappa shape index (κ1) is 18.1. The van der Waals surface area contributed by atoms with Gasteiger partial charge in [0.1, 0.15) is 11.8 Å². The third-order valence-electron chi connectivity index (χ3n) is 3.69. The van der Waals surface area contributed by atoms with E-state index in [1.54, 1.807) is 24.3 Å². The number of amides is 2. The number of esters is 1. The monoisotopic (exact) mass is 354 g/mol. The van der Waals surface area contributed by atoms with Crippen LogP contribution in [0.2, 0.25) is 5.02 Å². The van der Waals surface area contributed by atoms with Gasteiger partial charge in [-0.1, -0.05) is 23.7 Å². The summed E-state index contributed by atoms with van der Waals surface area (Å²) in [5, 5.41) is 0.374. The number of piperidine rings is 1.